The Labute approximate surface area is 283 Å². The van der Waals surface area contributed by atoms with E-state index in [9.17, 15) is 0 Å². The van der Waals surface area contributed by atoms with Crippen LogP contribution in [0.2, 0.25) is 0 Å². The molecule has 0 N–H and O–H groups in total. The molecule has 4 heteroatoms. The van der Waals surface area contributed by atoms with Crippen LogP contribution in [0.25, 0.3) is 89.3 Å². The van der Waals surface area contributed by atoms with Gasteiger partial charge in [0, 0.05) is 16.5 Å². The summed E-state index contributed by atoms with van der Waals surface area (Å²) in [6.07, 6.45) is 0. The number of benzene rings is 7. The molecule has 0 bridgehead atoms. The van der Waals surface area contributed by atoms with Crippen LogP contribution >= 0.6 is 0 Å². The Morgan fingerprint density at radius 1 is 0.449 bits per heavy atom. The van der Waals surface area contributed by atoms with Crippen molar-refractivity contribution in [1.82, 2.24) is 9.97 Å². The van der Waals surface area contributed by atoms with E-state index >= 15 is 0 Å². The van der Waals surface area contributed by atoms with Crippen molar-refractivity contribution in [3.8, 4) is 56.3 Å². The van der Waals surface area contributed by atoms with Crippen LogP contribution < -0.4 is 0 Å². The molecule has 49 heavy (non-hydrogen) atoms. The highest BCUT2D eigenvalue weighted by Crippen LogP contribution is 2.52. The van der Waals surface area contributed by atoms with Gasteiger partial charge in [0.2, 0.25) is 11.8 Å². The highest BCUT2D eigenvalue weighted by atomic mass is 16.4. The van der Waals surface area contributed by atoms with Crippen LogP contribution in [-0.2, 0) is 5.41 Å². The van der Waals surface area contributed by atoms with E-state index in [0.29, 0.717) is 11.8 Å². The number of aromatic nitrogens is 2. The first kappa shape index (κ1) is 27.8. The van der Waals surface area contributed by atoms with Gasteiger partial charge in [-0.05, 0) is 110 Å². The van der Waals surface area contributed by atoms with Crippen LogP contribution in [-0.4, -0.2) is 9.97 Å². The third-order valence-corrected chi connectivity index (χ3v) is 10.1. The van der Waals surface area contributed by atoms with Crippen LogP contribution in [0.3, 0.4) is 0 Å². The highest BCUT2D eigenvalue weighted by Gasteiger charge is 2.36. The van der Waals surface area contributed by atoms with Gasteiger partial charge in [0.15, 0.2) is 11.2 Å². The molecule has 10 rings (SSSR count). The number of hydrogen-bond acceptors (Lipinski definition) is 4. The fraction of sp³-hybridized carbons (Fsp3) is 0.0667. The summed E-state index contributed by atoms with van der Waals surface area (Å²) < 4.78 is 12.5. The number of fused-ring (bicyclic) bond motifs is 7. The molecule has 1 aliphatic rings. The SMILES string of the molecule is CC1(C)c2ccc(-c3cccc(-c4cc(-c5nc6ccccc6o5)cc(-c5nc6ccccc6o5)c4)c3)cc2-c2c1ccc1ccccc21. The van der Waals surface area contributed by atoms with E-state index in [4.69, 9.17) is 18.8 Å². The second-order valence-electron chi connectivity index (χ2n) is 13.4. The summed E-state index contributed by atoms with van der Waals surface area (Å²) in [5.41, 5.74) is 14.7. The Morgan fingerprint density at radius 3 is 1.69 bits per heavy atom. The molecule has 0 radical (unpaired) electrons. The fourth-order valence-electron chi connectivity index (χ4n) is 7.61. The summed E-state index contributed by atoms with van der Waals surface area (Å²) in [6.45, 7) is 4.68. The first-order chi connectivity index (χ1) is 24.0. The van der Waals surface area contributed by atoms with Crippen molar-refractivity contribution in [3.05, 3.63) is 157 Å². The minimum atomic E-state index is -0.0682. The predicted octanol–water partition coefficient (Wildman–Crippen LogP) is 12.1. The monoisotopic (exact) mass is 630 g/mol. The molecule has 9 aromatic rings. The van der Waals surface area contributed by atoms with Gasteiger partial charge in [-0.1, -0.05) is 105 Å². The van der Waals surface area contributed by atoms with Crippen molar-refractivity contribution in [1.29, 1.82) is 0 Å². The number of oxazole rings is 2. The molecular formula is C45H30N2O2. The highest BCUT2D eigenvalue weighted by molar-refractivity contribution is 6.03. The molecule has 2 aromatic heterocycles. The predicted molar refractivity (Wildman–Crippen MR) is 198 cm³/mol. The maximum atomic E-state index is 6.24. The lowest BCUT2D eigenvalue weighted by molar-refractivity contribution is 0.617. The van der Waals surface area contributed by atoms with Gasteiger partial charge in [-0.3, -0.25) is 0 Å². The van der Waals surface area contributed by atoms with Gasteiger partial charge in [0.1, 0.15) is 11.0 Å². The first-order valence-electron chi connectivity index (χ1n) is 16.6. The van der Waals surface area contributed by atoms with E-state index in [2.05, 4.69) is 105 Å². The van der Waals surface area contributed by atoms with E-state index in [1.165, 1.54) is 38.6 Å². The maximum absolute atomic E-state index is 6.24. The Hall–Kier alpha value is -6.26. The Kier molecular flexibility index (Phi) is 5.89. The lowest BCUT2D eigenvalue weighted by Crippen LogP contribution is -2.14. The van der Waals surface area contributed by atoms with E-state index in [1.54, 1.807) is 0 Å². The van der Waals surface area contributed by atoms with E-state index in [1.807, 2.05) is 54.6 Å². The second kappa shape index (κ2) is 10.4. The molecule has 1 aliphatic carbocycles. The molecule has 0 amide bonds. The summed E-state index contributed by atoms with van der Waals surface area (Å²) in [5, 5.41) is 2.58. The third kappa shape index (κ3) is 4.38. The topological polar surface area (TPSA) is 52.1 Å². The van der Waals surface area contributed by atoms with Gasteiger partial charge < -0.3 is 8.83 Å². The summed E-state index contributed by atoms with van der Waals surface area (Å²) >= 11 is 0. The molecular weight excluding hydrogens is 601 g/mol. The number of nitrogens with zero attached hydrogens (tertiary/aromatic N) is 2. The van der Waals surface area contributed by atoms with Gasteiger partial charge in [0.05, 0.1) is 0 Å². The van der Waals surface area contributed by atoms with Gasteiger partial charge in [-0.25, -0.2) is 9.97 Å². The minimum Gasteiger partial charge on any atom is -0.436 e. The second-order valence-corrected chi connectivity index (χ2v) is 13.4. The summed E-state index contributed by atoms with van der Waals surface area (Å²) in [6, 6.07) is 51.1. The number of hydrogen-bond donors (Lipinski definition) is 0. The molecule has 4 nitrogen and oxygen atoms in total. The molecule has 0 atom stereocenters. The van der Waals surface area contributed by atoms with Gasteiger partial charge in [-0.2, -0.15) is 0 Å². The number of para-hydroxylation sites is 4. The zero-order chi connectivity index (χ0) is 32.7. The summed E-state index contributed by atoms with van der Waals surface area (Å²) in [4.78, 5) is 9.66. The molecule has 2 heterocycles. The van der Waals surface area contributed by atoms with Crippen LogP contribution in [0.4, 0.5) is 0 Å². The van der Waals surface area contributed by atoms with Gasteiger partial charge >= 0.3 is 0 Å². The molecule has 0 saturated heterocycles. The zero-order valence-electron chi connectivity index (χ0n) is 27.1. The number of rotatable bonds is 4. The van der Waals surface area contributed by atoms with Crippen LogP contribution in [0.5, 0.6) is 0 Å². The Balaban J connectivity index is 1.12. The molecule has 232 valence electrons. The molecule has 0 spiro atoms. The average Bonchev–Trinajstić information content (AvgIpc) is 3.84. The molecule has 0 fully saturated rings. The third-order valence-electron chi connectivity index (χ3n) is 10.1. The van der Waals surface area contributed by atoms with Gasteiger partial charge in [-0.15, -0.1) is 0 Å². The van der Waals surface area contributed by atoms with Gasteiger partial charge in [0.25, 0.3) is 0 Å². The van der Waals surface area contributed by atoms with Crippen LogP contribution in [0.15, 0.2) is 154 Å². The molecule has 0 aliphatic heterocycles. The van der Waals surface area contributed by atoms with E-state index in [0.717, 1.165) is 50.0 Å². The normalized spacial score (nSPS) is 13.3. The van der Waals surface area contributed by atoms with Crippen molar-refractivity contribution in [2.75, 3.05) is 0 Å². The lowest BCUT2D eigenvalue weighted by Gasteiger charge is -2.21. The van der Waals surface area contributed by atoms with E-state index < -0.39 is 0 Å². The first-order valence-corrected chi connectivity index (χ1v) is 16.6. The zero-order valence-corrected chi connectivity index (χ0v) is 27.1. The average molecular weight is 631 g/mol. The molecule has 7 aromatic carbocycles. The standard InChI is InChI=1S/C45H30N2O2/c1-45(2)36-20-19-30(26-35(36)42-34-13-4-3-10-27(34)18-21-37(42)45)28-11-9-12-29(22-28)31-23-32(43-46-38-14-5-7-16-40(38)48-43)25-33(24-31)44-47-39-15-6-8-17-41(39)49-44/h3-26H,1-2H3. The van der Waals surface area contributed by atoms with Crippen molar-refractivity contribution in [2.45, 2.75) is 19.3 Å². The molecule has 0 unspecified atom stereocenters. The minimum absolute atomic E-state index is 0.0682. The summed E-state index contributed by atoms with van der Waals surface area (Å²) in [5.74, 6) is 1.12. The van der Waals surface area contributed by atoms with Crippen molar-refractivity contribution >= 4 is 33.0 Å². The van der Waals surface area contributed by atoms with Crippen molar-refractivity contribution in [2.24, 2.45) is 0 Å². The Bertz CT molecular complexity index is 2610. The van der Waals surface area contributed by atoms with E-state index in [-0.39, 0.29) is 5.41 Å². The van der Waals surface area contributed by atoms with Crippen LogP contribution in [0, 0.1) is 0 Å². The Morgan fingerprint density at radius 2 is 1.00 bits per heavy atom. The lowest BCUT2D eigenvalue weighted by atomic mass is 9.82. The van der Waals surface area contributed by atoms with Crippen molar-refractivity contribution < 1.29 is 8.83 Å². The summed E-state index contributed by atoms with van der Waals surface area (Å²) in [7, 11) is 0. The fourth-order valence-corrected chi connectivity index (χ4v) is 7.61. The quantitative estimate of drug-likeness (QED) is 0.194. The van der Waals surface area contributed by atoms with Crippen molar-refractivity contribution in [3.63, 3.8) is 0 Å². The maximum Gasteiger partial charge on any atom is 0.227 e. The molecule has 0 saturated carbocycles. The smallest absolute Gasteiger partial charge is 0.227 e. The van der Waals surface area contributed by atoms with Crippen LogP contribution in [0.1, 0.15) is 25.0 Å². The largest absolute Gasteiger partial charge is 0.436 e.